The second-order valence-electron chi connectivity index (χ2n) is 8.60. The van der Waals surface area contributed by atoms with Gasteiger partial charge in [-0.3, -0.25) is 4.79 Å². The molecule has 0 aliphatic rings. The predicted octanol–water partition coefficient (Wildman–Crippen LogP) is 5.10. The van der Waals surface area contributed by atoms with Crippen LogP contribution in [0.5, 0.6) is 11.5 Å². The van der Waals surface area contributed by atoms with E-state index in [1.54, 1.807) is 19.1 Å². The maximum Gasteiger partial charge on any atom is 0.222 e. The van der Waals surface area contributed by atoms with Crippen molar-refractivity contribution in [3.8, 4) is 11.5 Å². The van der Waals surface area contributed by atoms with Gasteiger partial charge in [-0.1, -0.05) is 55.0 Å². The van der Waals surface area contributed by atoms with Crippen LogP contribution in [-0.2, 0) is 16.8 Å². The van der Waals surface area contributed by atoms with Crippen LogP contribution in [0.1, 0.15) is 47.6 Å². The van der Waals surface area contributed by atoms with E-state index < -0.39 is 5.60 Å². The van der Waals surface area contributed by atoms with Crippen LogP contribution in [0.15, 0.2) is 66.7 Å². The fourth-order valence-corrected chi connectivity index (χ4v) is 4.23. The van der Waals surface area contributed by atoms with E-state index in [9.17, 15) is 9.90 Å². The number of nitrogens with zero attached hydrogens (tertiary/aromatic N) is 1. The quantitative estimate of drug-likeness (QED) is 0.427. The van der Waals surface area contributed by atoms with Crippen molar-refractivity contribution < 1.29 is 19.4 Å². The van der Waals surface area contributed by atoms with Gasteiger partial charge in [0.1, 0.15) is 17.1 Å². The van der Waals surface area contributed by atoms with E-state index in [0.29, 0.717) is 13.0 Å². The molecule has 0 aliphatic heterocycles. The zero-order chi connectivity index (χ0) is 24.7. The molecule has 0 aliphatic carbocycles. The van der Waals surface area contributed by atoms with Gasteiger partial charge in [0.15, 0.2) is 0 Å². The van der Waals surface area contributed by atoms with Gasteiger partial charge in [-0.2, -0.15) is 0 Å². The molecule has 3 aromatic rings. The van der Waals surface area contributed by atoms with Gasteiger partial charge in [0.25, 0.3) is 0 Å². The lowest BCUT2D eigenvalue weighted by Crippen LogP contribution is -2.29. The number of benzene rings is 3. The van der Waals surface area contributed by atoms with Crippen molar-refractivity contribution in [1.82, 2.24) is 4.90 Å². The molecule has 34 heavy (non-hydrogen) atoms. The summed E-state index contributed by atoms with van der Waals surface area (Å²) in [5.74, 6) is 1.64. The van der Waals surface area contributed by atoms with Crippen molar-refractivity contribution in [3.05, 3.63) is 94.5 Å². The van der Waals surface area contributed by atoms with Crippen LogP contribution in [0.2, 0.25) is 0 Å². The molecule has 1 amide bonds. The van der Waals surface area contributed by atoms with Crippen LogP contribution in [0.3, 0.4) is 0 Å². The first-order valence-corrected chi connectivity index (χ1v) is 11.7. The molecule has 3 aromatic carbocycles. The third-order valence-electron chi connectivity index (χ3n) is 6.34. The van der Waals surface area contributed by atoms with Gasteiger partial charge in [0.2, 0.25) is 5.91 Å². The van der Waals surface area contributed by atoms with Crippen molar-refractivity contribution in [3.63, 3.8) is 0 Å². The highest BCUT2D eigenvalue weighted by atomic mass is 16.5. The number of hydrogen-bond acceptors (Lipinski definition) is 4. The molecule has 0 spiro atoms. The zero-order valence-electron chi connectivity index (χ0n) is 20.8. The molecular weight excluding hydrogens is 426 g/mol. The summed E-state index contributed by atoms with van der Waals surface area (Å²) in [6, 6.07) is 21.3. The molecule has 1 unspecified atom stereocenters. The van der Waals surface area contributed by atoms with Crippen LogP contribution < -0.4 is 9.47 Å². The third-order valence-corrected chi connectivity index (χ3v) is 6.34. The van der Waals surface area contributed by atoms with Crippen LogP contribution >= 0.6 is 0 Å². The Bertz CT molecular complexity index is 1090. The van der Waals surface area contributed by atoms with Gasteiger partial charge in [0.05, 0.1) is 14.2 Å². The number of carbonyl (C=O) groups excluding carboxylic acids is 1. The number of hydrogen-bond donors (Lipinski definition) is 1. The predicted molar refractivity (Wildman–Crippen MR) is 136 cm³/mol. The molecule has 180 valence electrons. The summed E-state index contributed by atoms with van der Waals surface area (Å²) in [5, 5.41) is 12.3. The van der Waals surface area contributed by atoms with Crippen LogP contribution in [0.25, 0.3) is 0 Å². The Morgan fingerprint density at radius 1 is 0.912 bits per heavy atom. The summed E-state index contributed by atoms with van der Waals surface area (Å²) in [6.45, 7) is 4.57. The molecule has 0 fully saturated rings. The smallest absolute Gasteiger partial charge is 0.222 e. The van der Waals surface area contributed by atoms with Gasteiger partial charge in [0, 0.05) is 20.0 Å². The Balaban J connectivity index is 2.02. The standard InChI is InChI=1S/C29H35NO4/c1-6-28(31)30(3)19-7-8-22-20-25(15-18-27(22)34-5)29(32,23-11-9-21(2)10-12-23)24-13-16-26(33-4)17-14-24/h9-18,20,32H,6-8,19H2,1-5H3. The zero-order valence-corrected chi connectivity index (χ0v) is 20.8. The lowest BCUT2D eigenvalue weighted by atomic mass is 9.79. The van der Waals surface area contributed by atoms with Crippen molar-refractivity contribution in [2.75, 3.05) is 27.8 Å². The average Bonchev–Trinajstić information content (AvgIpc) is 2.88. The molecule has 3 rings (SSSR count). The number of methoxy groups -OCH3 is 2. The fourth-order valence-electron chi connectivity index (χ4n) is 4.23. The molecule has 0 aromatic heterocycles. The van der Waals surface area contributed by atoms with Gasteiger partial charge in [-0.05, 0) is 66.3 Å². The van der Waals surface area contributed by atoms with E-state index in [-0.39, 0.29) is 5.91 Å². The highest BCUT2D eigenvalue weighted by Gasteiger charge is 2.34. The van der Waals surface area contributed by atoms with Gasteiger partial charge >= 0.3 is 0 Å². The van der Waals surface area contributed by atoms with E-state index in [0.717, 1.165) is 52.2 Å². The molecule has 5 nitrogen and oxygen atoms in total. The second-order valence-corrected chi connectivity index (χ2v) is 8.60. The van der Waals surface area contributed by atoms with Crippen molar-refractivity contribution in [1.29, 1.82) is 0 Å². The lowest BCUT2D eigenvalue weighted by molar-refractivity contribution is -0.129. The van der Waals surface area contributed by atoms with E-state index >= 15 is 0 Å². The van der Waals surface area contributed by atoms with E-state index in [4.69, 9.17) is 9.47 Å². The SMILES string of the molecule is CCC(=O)N(C)CCCc1cc(C(O)(c2ccc(C)cc2)c2ccc(OC)cc2)ccc1OC. The lowest BCUT2D eigenvalue weighted by Gasteiger charge is -2.31. The molecule has 1 atom stereocenters. The van der Waals surface area contributed by atoms with Crippen LogP contribution in [-0.4, -0.2) is 43.7 Å². The summed E-state index contributed by atoms with van der Waals surface area (Å²) < 4.78 is 10.9. The highest BCUT2D eigenvalue weighted by molar-refractivity contribution is 5.75. The molecule has 0 saturated carbocycles. The Labute approximate surface area is 203 Å². The van der Waals surface area contributed by atoms with E-state index in [1.807, 2.05) is 87.6 Å². The minimum absolute atomic E-state index is 0.133. The molecule has 1 N–H and O–H groups in total. The molecular formula is C29H35NO4. The van der Waals surface area contributed by atoms with Crippen molar-refractivity contribution >= 4 is 5.91 Å². The first kappa shape index (κ1) is 25.3. The monoisotopic (exact) mass is 461 g/mol. The maximum absolute atomic E-state index is 12.3. The highest BCUT2D eigenvalue weighted by Crippen LogP contribution is 2.39. The normalized spacial score (nSPS) is 12.6. The second kappa shape index (κ2) is 11.2. The molecule has 0 radical (unpaired) electrons. The molecule has 0 saturated heterocycles. The Morgan fingerprint density at radius 3 is 2.06 bits per heavy atom. The Morgan fingerprint density at radius 2 is 1.50 bits per heavy atom. The number of ether oxygens (including phenoxy) is 2. The topological polar surface area (TPSA) is 59.0 Å². The Hall–Kier alpha value is -3.31. The summed E-state index contributed by atoms with van der Waals surface area (Å²) in [6.07, 6.45) is 2.03. The minimum atomic E-state index is -1.35. The van der Waals surface area contributed by atoms with Crippen LogP contribution in [0, 0.1) is 6.92 Å². The average molecular weight is 462 g/mol. The minimum Gasteiger partial charge on any atom is -0.497 e. The van der Waals surface area contributed by atoms with Crippen molar-refractivity contribution in [2.45, 2.75) is 38.7 Å². The van der Waals surface area contributed by atoms with E-state index in [2.05, 4.69) is 0 Å². The molecule has 0 bridgehead atoms. The summed E-state index contributed by atoms with van der Waals surface area (Å²) >= 11 is 0. The van der Waals surface area contributed by atoms with Gasteiger partial charge in [-0.15, -0.1) is 0 Å². The molecule has 0 heterocycles. The number of carbonyl (C=O) groups is 1. The summed E-state index contributed by atoms with van der Waals surface area (Å²) in [4.78, 5) is 13.7. The summed E-state index contributed by atoms with van der Waals surface area (Å²) in [5.41, 5.74) is 3.07. The van der Waals surface area contributed by atoms with E-state index in [1.165, 1.54) is 0 Å². The van der Waals surface area contributed by atoms with Gasteiger partial charge in [-0.25, -0.2) is 0 Å². The number of rotatable bonds is 10. The maximum atomic E-state index is 12.3. The first-order valence-electron chi connectivity index (χ1n) is 11.7. The van der Waals surface area contributed by atoms with Gasteiger partial charge < -0.3 is 19.5 Å². The largest absolute Gasteiger partial charge is 0.497 e. The molecule has 5 heteroatoms. The first-order chi connectivity index (χ1) is 16.3. The van der Waals surface area contributed by atoms with Crippen molar-refractivity contribution in [2.24, 2.45) is 0 Å². The number of amides is 1. The Kier molecular flexibility index (Phi) is 8.35. The fraction of sp³-hybridized carbons (Fsp3) is 0.345. The van der Waals surface area contributed by atoms with Crippen LogP contribution in [0.4, 0.5) is 0 Å². The number of aliphatic hydroxyl groups is 1. The number of aryl methyl sites for hydroxylation is 2. The summed E-state index contributed by atoms with van der Waals surface area (Å²) in [7, 11) is 5.11. The third kappa shape index (κ3) is 5.42.